The molecule has 1 aromatic carbocycles. The minimum Gasteiger partial charge on any atom is -0.435 e. The highest BCUT2D eigenvalue weighted by atomic mass is 35.5. The number of carbonyl (C=O) groups is 1. The standard InChI is InChI=1S/C18H20ClN3O2/c1-11-16(24-17(21-11)12-6-7-12)18(23)22-9-8-20-15(10-22)13-4-2-3-5-14(13)19/h2-5,12,15,20H,6-10H2,1H3. The van der Waals surface area contributed by atoms with Crippen LogP contribution in [0.1, 0.15) is 52.5 Å². The summed E-state index contributed by atoms with van der Waals surface area (Å²) in [6.45, 7) is 3.79. The number of benzene rings is 1. The summed E-state index contributed by atoms with van der Waals surface area (Å²) in [6, 6.07) is 7.78. The topological polar surface area (TPSA) is 58.4 Å². The SMILES string of the molecule is Cc1nc(C2CC2)oc1C(=O)N1CCNC(c2ccccc2Cl)C1. The van der Waals surface area contributed by atoms with Crippen molar-refractivity contribution in [3.05, 3.63) is 52.2 Å². The monoisotopic (exact) mass is 345 g/mol. The number of aromatic nitrogens is 1. The molecule has 0 spiro atoms. The molecule has 2 aromatic rings. The molecule has 6 heteroatoms. The first-order valence-electron chi connectivity index (χ1n) is 8.38. The number of nitrogens with zero attached hydrogens (tertiary/aromatic N) is 2. The van der Waals surface area contributed by atoms with Gasteiger partial charge in [0.25, 0.3) is 5.91 Å². The van der Waals surface area contributed by atoms with Crippen LogP contribution in [0.15, 0.2) is 28.7 Å². The fraction of sp³-hybridized carbons (Fsp3) is 0.444. The molecule has 1 saturated heterocycles. The highest BCUT2D eigenvalue weighted by molar-refractivity contribution is 6.31. The van der Waals surface area contributed by atoms with Gasteiger partial charge in [-0.3, -0.25) is 4.79 Å². The molecule has 1 unspecified atom stereocenters. The van der Waals surface area contributed by atoms with Crippen molar-refractivity contribution in [2.24, 2.45) is 0 Å². The van der Waals surface area contributed by atoms with Gasteiger partial charge < -0.3 is 14.6 Å². The molecule has 1 aliphatic carbocycles. The van der Waals surface area contributed by atoms with E-state index in [1.807, 2.05) is 36.1 Å². The molecule has 126 valence electrons. The van der Waals surface area contributed by atoms with Gasteiger partial charge in [0.2, 0.25) is 5.76 Å². The van der Waals surface area contributed by atoms with Gasteiger partial charge in [-0.25, -0.2) is 4.98 Å². The molecule has 24 heavy (non-hydrogen) atoms. The Morgan fingerprint density at radius 2 is 2.17 bits per heavy atom. The van der Waals surface area contributed by atoms with Gasteiger partial charge in [0, 0.05) is 30.6 Å². The number of hydrogen-bond acceptors (Lipinski definition) is 4. The van der Waals surface area contributed by atoms with Gasteiger partial charge in [-0.2, -0.15) is 0 Å². The first-order chi connectivity index (χ1) is 11.6. The lowest BCUT2D eigenvalue weighted by molar-refractivity contribution is 0.0668. The van der Waals surface area contributed by atoms with Crippen LogP contribution in [-0.4, -0.2) is 35.4 Å². The van der Waals surface area contributed by atoms with Crippen molar-refractivity contribution in [1.82, 2.24) is 15.2 Å². The summed E-state index contributed by atoms with van der Waals surface area (Å²) >= 11 is 6.30. The fourth-order valence-corrected chi connectivity index (χ4v) is 3.43. The Morgan fingerprint density at radius 1 is 1.38 bits per heavy atom. The van der Waals surface area contributed by atoms with E-state index in [1.54, 1.807) is 0 Å². The van der Waals surface area contributed by atoms with Crippen molar-refractivity contribution in [3.8, 4) is 0 Å². The number of halogens is 1. The maximum absolute atomic E-state index is 12.9. The normalized spacial score (nSPS) is 21.1. The number of hydrogen-bond donors (Lipinski definition) is 1. The summed E-state index contributed by atoms with van der Waals surface area (Å²) in [5.41, 5.74) is 1.71. The van der Waals surface area contributed by atoms with Crippen LogP contribution in [0.5, 0.6) is 0 Å². The van der Waals surface area contributed by atoms with Gasteiger partial charge in [0.15, 0.2) is 5.89 Å². The van der Waals surface area contributed by atoms with Crippen molar-refractivity contribution in [2.45, 2.75) is 31.7 Å². The molecule has 1 aromatic heterocycles. The molecule has 4 rings (SSSR count). The van der Waals surface area contributed by atoms with Crippen LogP contribution < -0.4 is 5.32 Å². The second kappa shape index (κ2) is 6.22. The van der Waals surface area contributed by atoms with E-state index in [0.29, 0.717) is 36.4 Å². The van der Waals surface area contributed by atoms with Gasteiger partial charge in [-0.15, -0.1) is 0 Å². The van der Waals surface area contributed by atoms with E-state index in [2.05, 4.69) is 10.3 Å². The van der Waals surface area contributed by atoms with Crippen molar-refractivity contribution in [2.75, 3.05) is 19.6 Å². The number of carbonyl (C=O) groups excluding carboxylic acids is 1. The van der Waals surface area contributed by atoms with Gasteiger partial charge in [-0.05, 0) is 31.4 Å². The number of rotatable bonds is 3. The Morgan fingerprint density at radius 3 is 2.92 bits per heavy atom. The first-order valence-corrected chi connectivity index (χ1v) is 8.75. The highest BCUT2D eigenvalue weighted by Crippen LogP contribution is 2.40. The van der Waals surface area contributed by atoms with E-state index in [9.17, 15) is 4.79 Å². The van der Waals surface area contributed by atoms with Crippen LogP contribution in [0.3, 0.4) is 0 Å². The predicted octanol–water partition coefficient (Wildman–Crippen LogP) is 3.30. The third kappa shape index (κ3) is 2.94. The van der Waals surface area contributed by atoms with E-state index in [-0.39, 0.29) is 11.9 Å². The number of oxazole rings is 1. The van der Waals surface area contributed by atoms with Crippen molar-refractivity contribution in [1.29, 1.82) is 0 Å². The second-order valence-corrected chi connectivity index (χ2v) is 6.93. The van der Waals surface area contributed by atoms with Crippen molar-refractivity contribution >= 4 is 17.5 Å². The molecule has 0 bridgehead atoms. The summed E-state index contributed by atoms with van der Waals surface area (Å²) in [7, 11) is 0. The summed E-state index contributed by atoms with van der Waals surface area (Å²) in [5, 5.41) is 4.15. The Kier molecular flexibility index (Phi) is 4.06. The fourth-order valence-electron chi connectivity index (χ4n) is 3.16. The van der Waals surface area contributed by atoms with Gasteiger partial charge in [-0.1, -0.05) is 29.8 Å². The minimum atomic E-state index is -0.0783. The molecule has 2 fully saturated rings. The first kappa shape index (κ1) is 15.7. The third-order valence-electron chi connectivity index (χ3n) is 4.68. The number of amides is 1. The zero-order valence-corrected chi connectivity index (χ0v) is 14.3. The van der Waals surface area contributed by atoms with Gasteiger partial charge >= 0.3 is 0 Å². The number of piperazine rings is 1. The van der Waals surface area contributed by atoms with E-state index < -0.39 is 0 Å². The van der Waals surface area contributed by atoms with E-state index >= 15 is 0 Å². The van der Waals surface area contributed by atoms with Crippen LogP contribution in [0.4, 0.5) is 0 Å². The minimum absolute atomic E-state index is 0.0301. The van der Waals surface area contributed by atoms with Crippen LogP contribution in [-0.2, 0) is 0 Å². The average molecular weight is 346 g/mol. The zero-order valence-electron chi connectivity index (χ0n) is 13.6. The second-order valence-electron chi connectivity index (χ2n) is 6.52. The van der Waals surface area contributed by atoms with Gasteiger partial charge in [0.1, 0.15) is 0 Å². The molecular weight excluding hydrogens is 326 g/mol. The lowest BCUT2D eigenvalue weighted by atomic mass is 10.0. The largest absolute Gasteiger partial charge is 0.435 e. The summed E-state index contributed by atoms with van der Waals surface area (Å²) < 4.78 is 5.77. The smallest absolute Gasteiger partial charge is 0.291 e. The van der Waals surface area contributed by atoms with Crippen molar-refractivity contribution < 1.29 is 9.21 Å². The molecule has 1 aliphatic heterocycles. The summed E-state index contributed by atoms with van der Waals surface area (Å²) in [6.07, 6.45) is 2.21. The third-order valence-corrected chi connectivity index (χ3v) is 5.02. The molecule has 1 atom stereocenters. The summed E-state index contributed by atoms with van der Waals surface area (Å²) in [5.74, 6) is 1.43. The van der Waals surface area contributed by atoms with Crippen LogP contribution in [0.25, 0.3) is 0 Å². The zero-order chi connectivity index (χ0) is 16.7. The summed E-state index contributed by atoms with van der Waals surface area (Å²) in [4.78, 5) is 19.1. The van der Waals surface area contributed by atoms with Crippen LogP contribution in [0.2, 0.25) is 5.02 Å². The van der Waals surface area contributed by atoms with Crippen molar-refractivity contribution in [3.63, 3.8) is 0 Å². The van der Waals surface area contributed by atoms with E-state index in [0.717, 1.165) is 30.0 Å². The molecule has 2 aliphatic rings. The van der Waals surface area contributed by atoms with E-state index in [1.165, 1.54) is 0 Å². The molecule has 5 nitrogen and oxygen atoms in total. The number of aryl methyl sites for hydroxylation is 1. The molecular formula is C18H20ClN3O2. The quantitative estimate of drug-likeness (QED) is 0.927. The highest BCUT2D eigenvalue weighted by Gasteiger charge is 2.33. The molecule has 1 N–H and O–H groups in total. The maximum atomic E-state index is 12.9. The molecule has 2 heterocycles. The van der Waals surface area contributed by atoms with Gasteiger partial charge in [0.05, 0.1) is 11.7 Å². The van der Waals surface area contributed by atoms with E-state index in [4.69, 9.17) is 16.0 Å². The Hall–Kier alpha value is -1.85. The Labute approximate surface area is 146 Å². The maximum Gasteiger partial charge on any atom is 0.291 e. The predicted molar refractivity (Wildman–Crippen MR) is 91.3 cm³/mol. The Bertz CT molecular complexity index is 769. The molecule has 1 saturated carbocycles. The molecule has 1 amide bonds. The average Bonchev–Trinajstić information content (AvgIpc) is 3.37. The number of nitrogens with one attached hydrogen (secondary N) is 1. The molecule has 0 radical (unpaired) electrons. The lowest BCUT2D eigenvalue weighted by Gasteiger charge is -2.33. The van der Waals surface area contributed by atoms with Crippen LogP contribution >= 0.6 is 11.6 Å². The lowest BCUT2D eigenvalue weighted by Crippen LogP contribution is -2.48. The van der Waals surface area contributed by atoms with Crippen LogP contribution in [0, 0.1) is 6.92 Å². The Balaban J connectivity index is 1.53.